The molecule has 2 unspecified atom stereocenters. The second-order valence-electron chi connectivity index (χ2n) is 2.67. The Labute approximate surface area is 59.0 Å². The normalized spacial score (nSPS) is 37.3. The number of aliphatic hydroxyl groups is 1. The molecule has 0 bridgehead atoms. The third-order valence-corrected chi connectivity index (χ3v) is 1.76. The van der Waals surface area contributed by atoms with Crippen LogP contribution in [-0.2, 0) is 9.53 Å². The summed E-state index contributed by atoms with van der Waals surface area (Å²) in [6, 6.07) is 0. The van der Waals surface area contributed by atoms with Crippen molar-refractivity contribution in [3.63, 3.8) is 0 Å². The molecule has 0 saturated heterocycles. The van der Waals surface area contributed by atoms with Crippen LogP contribution in [0.15, 0.2) is 0 Å². The third kappa shape index (κ3) is 1.46. The molecule has 0 spiro atoms. The fraction of sp³-hybridized carbons (Fsp3) is 0.833. The van der Waals surface area contributed by atoms with Crippen molar-refractivity contribution in [2.75, 3.05) is 7.11 Å². The third-order valence-electron chi connectivity index (χ3n) is 1.76. The van der Waals surface area contributed by atoms with Crippen LogP contribution in [0.1, 0.15) is 12.8 Å². The molecule has 0 aromatic rings. The molecule has 0 aromatic heterocycles. The highest BCUT2D eigenvalue weighted by atomic mass is 16.5. The van der Waals surface area contributed by atoms with Gasteiger partial charge in [-0.1, -0.05) is 0 Å². The van der Waals surface area contributed by atoms with Crippen LogP contribution in [-0.4, -0.2) is 23.9 Å². The molecule has 0 aromatic carbocycles. The molecule has 1 rings (SSSR count). The SMILES string of the molecule is COC(=O)CC1CC1(N)O. The van der Waals surface area contributed by atoms with Gasteiger partial charge in [0.1, 0.15) is 5.72 Å². The number of methoxy groups -OCH3 is 1. The largest absolute Gasteiger partial charge is 0.469 e. The van der Waals surface area contributed by atoms with E-state index in [1.165, 1.54) is 7.11 Å². The summed E-state index contributed by atoms with van der Waals surface area (Å²) >= 11 is 0. The van der Waals surface area contributed by atoms with Gasteiger partial charge < -0.3 is 15.6 Å². The summed E-state index contributed by atoms with van der Waals surface area (Å²) in [7, 11) is 1.32. The van der Waals surface area contributed by atoms with E-state index in [1.54, 1.807) is 0 Å². The lowest BCUT2D eigenvalue weighted by atomic mass is 10.3. The van der Waals surface area contributed by atoms with Crippen molar-refractivity contribution in [1.29, 1.82) is 0 Å². The number of esters is 1. The quantitative estimate of drug-likeness (QED) is 0.395. The average Bonchev–Trinajstić information content (AvgIpc) is 2.40. The van der Waals surface area contributed by atoms with E-state index >= 15 is 0 Å². The number of carbonyl (C=O) groups excluding carboxylic acids is 1. The molecule has 3 N–H and O–H groups in total. The molecular formula is C6H11NO3. The van der Waals surface area contributed by atoms with Crippen LogP contribution in [0.5, 0.6) is 0 Å². The van der Waals surface area contributed by atoms with Gasteiger partial charge in [0.25, 0.3) is 0 Å². The van der Waals surface area contributed by atoms with E-state index in [2.05, 4.69) is 4.74 Å². The van der Waals surface area contributed by atoms with Gasteiger partial charge in [0.05, 0.1) is 13.5 Å². The van der Waals surface area contributed by atoms with Crippen molar-refractivity contribution < 1.29 is 14.6 Å². The number of hydrogen-bond acceptors (Lipinski definition) is 4. The molecule has 4 nitrogen and oxygen atoms in total. The smallest absolute Gasteiger partial charge is 0.305 e. The van der Waals surface area contributed by atoms with Crippen LogP contribution in [0.4, 0.5) is 0 Å². The van der Waals surface area contributed by atoms with Crippen LogP contribution in [0.2, 0.25) is 0 Å². The summed E-state index contributed by atoms with van der Waals surface area (Å²) in [6.07, 6.45) is 0.728. The fourth-order valence-corrected chi connectivity index (χ4v) is 0.869. The second-order valence-corrected chi connectivity index (χ2v) is 2.67. The topological polar surface area (TPSA) is 72.5 Å². The van der Waals surface area contributed by atoms with Crippen molar-refractivity contribution in [3.05, 3.63) is 0 Å². The first-order valence-electron chi connectivity index (χ1n) is 3.14. The van der Waals surface area contributed by atoms with Gasteiger partial charge in [0.15, 0.2) is 0 Å². The molecule has 1 aliphatic rings. The van der Waals surface area contributed by atoms with Crippen molar-refractivity contribution in [2.24, 2.45) is 11.7 Å². The number of rotatable bonds is 2. The highest BCUT2D eigenvalue weighted by molar-refractivity contribution is 5.70. The molecule has 2 atom stereocenters. The van der Waals surface area contributed by atoms with E-state index < -0.39 is 5.72 Å². The Kier molecular flexibility index (Phi) is 1.66. The van der Waals surface area contributed by atoms with Gasteiger partial charge in [-0.3, -0.25) is 4.79 Å². The molecule has 1 saturated carbocycles. The molecule has 0 aliphatic heterocycles. The molecular weight excluding hydrogens is 134 g/mol. The molecule has 1 aliphatic carbocycles. The lowest BCUT2D eigenvalue weighted by molar-refractivity contribution is -0.141. The minimum atomic E-state index is -1.10. The molecule has 58 valence electrons. The van der Waals surface area contributed by atoms with Gasteiger partial charge in [-0.05, 0) is 6.42 Å². The zero-order valence-electron chi connectivity index (χ0n) is 5.83. The monoisotopic (exact) mass is 145 g/mol. The first-order chi connectivity index (χ1) is 4.56. The van der Waals surface area contributed by atoms with Crippen LogP contribution in [0, 0.1) is 5.92 Å². The summed E-state index contributed by atoms with van der Waals surface area (Å²) in [5.41, 5.74) is 4.16. The van der Waals surface area contributed by atoms with E-state index in [4.69, 9.17) is 10.8 Å². The predicted octanol–water partition coefficient (Wildman–Crippen LogP) is -0.783. The first-order valence-corrected chi connectivity index (χ1v) is 3.14. The Bertz CT molecular complexity index is 155. The van der Waals surface area contributed by atoms with E-state index in [9.17, 15) is 4.79 Å². The number of nitrogens with two attached hydrogens (primary N) is 1. The maximum absolute atomic E-state index is 10.6. The molecule has 4 heteroatoms. The highest BCUT2D eigenvalue weighted by Gasteiger charge is 2.50. The Morgan fingerprint density at radius 2 is 2.50 bits per heavy atom. The van der Waals surface area contributed by atoms with Crippen molar-refractivity contribution in [1.82, 2.24) is 0 Å². The van der Waals surface area contributed by atoms with Crippen LogP contribution >= 0.6 is 0 Å². The number of ether oxygens (including phenoxy) is 1. The fourth-order valence-electron chi connectivity index (χ4n) is 0.869. The Balaban J connectivity index is 2.24. The second kappa shape index (κ2) is 2.21. The minimum absolute atomic E-state index is 0.0973. The molecule has 1 fully saturated rings. The van der Waals surface area contributed by atoms with Crippen LogP contribution in [0.25, 0.3) is 0 Å². The van der Waals surface area contributed by atoms with Gasteiger partial charge in [0, 0.05) is 5.92 Å². The standard InChI is InChI=1S/C6H11NO3/c1-10-5(8)2-4-3-6(4,7)9/h4,9H,2-3,7H2,1H3. The average molecular weight is 145 g/mol. The zero-order valence-corrected chi connectivity index (χ0v) is 5.83. The van der Waals surface area contributed by atoms with E-state index in [0.717, 1.165) is 0 Å². The summed E-state index contributed by atoms with van der Waals surface area (Å²) in [5, 5.41) is 9.01. The van der Waals surface area contributed by atoms with Gasteiger partial charge in [-0.2, -0.15) is 0 Å². The maximum Gasteiger partial charge on any atom is 0.305 e. The molecule has 0 radical (unpaired) electrons. The Hall–Kier alpha value is -0.610. The summed E-state index contributed by atoms with van der Waals surface area (Å²) in [6.45, 7) is 0. The molecule has 0 amide bonds. The predicted molar refractivity (Wildman–Crippen MR) is 33.9 cm³/mol. The van der Waals surface area contributed by atoms with E-state index in [0.29, 0.717) is 6.42 Å². The lowest BCUT2D eigenvalue weighted by Crippen LogP contribution is -2.24. The number of hydrogen-bond donors (Lipinski definition) is 2. The van der Waals surface area contributed by atoms with Crippen molar-refractivity contribution in [2.45, 2.75) is 18.6 Å². The van der Waals surface area contributed by atoms with Crippen LogP contribution in [0.3, 0.4) is 0 Å². The lowest BCUT2D eigenvalue weighted by Gasteiger charge is -2.00. The highest BCUT2D eigenvalue weighted by Crippen LogP contribution is 2.40. The minimum Gasteiger partial charge on any atom is -0.469 e. The van der Waals surface area contributed by atoms with Gasteiger partial charge in [-0.15, -0.1) is 0 Å². The van der Waals surface area contributed by atoms with Gasteiger partial charge in [0.2, 0.25) is 0 Å². The molecule has 0 heterocycles. The Morgan fingerprint density at radius 1 is 2.00 bits per heavy atom. The summed E-state index contributed by atoms with van der Waals surface area (Å²) in [4.78, 5) is 10.6. The van der Waals surface area contributed by atoms with E-state index in [1.807, 2.05) is 0 Å². The van der Waals surface area contributed by atoms with Gasteiger partial charge >= 0.3 is 5.97 Å². The summed E-state index contributed by atoms with van der Waals surface area (Å²) in [5.74, 6) is -0.411. The summed E-state index contributed by atoms with van der Waals surface area (Å²) < 4.78 is 4.39. The first kappa shape index (κ1) is 7.50. The van der Waals surface area contributed by atoms with Gasteiger partial charge in [-0.25, -0.2) is 0 Å². The number of carbonyl (C=O) groups is 1. The zero-order chi connectivity index (χ0) is 7.78. The van der Waals surface area contributed by atoms with E-state index in [-0.39, 0.29) is 18.3 Å². The van der Waals surface area contributed by atoms with Crippen molar-refractivity contribution >= 4 is 5.97 Å². The molecule has 10 heavy (non-hydrogen) atoms. The maximum atomic E-state index is 10.6. The van der Waals surface area contributed by atoms with Crippen molar-refractivity contribution in [3.8, 4) is 0 Å². The van der Waals surface area contributed by atoms with Crippen LogP contribution < -0.4 is 5.73 Å². The Morgan fingerprint density at radius 3 is 2.80 bits per heavy atom.